The van der Waals surface area contributed by atoms with Gasteiger partial charge in [0.2, 0.25) is 11.8 Å². The molecule has 3 heterocycles. The number of ketones is 1. The minimum absolute atomic E-state index is 0.0563. The summed E-state index contributed by atoms with van der Waals surface area (Å²) in [7, 11) is 2.01. The summed E-state index contributed by atoms with van der Waals surface area (Å²) >= 11 is 0.803. The molecule has 1 unspecified atom stereocenters. The van der Waals surface area contributed by atoms with E-state index in [4.69, 9.17) is 15.1 Å². The molecule has 1 fully saturated rings. The first-order chi connectivity index (χ1) is 17.5. The summed E-state index contributed by atoms with van der Waals surface area (Å²) in [6, 6.07) is 8.52. The van der Waals surface area contributed by atoms with Gasteiger partial charge >= 0.3 is 6.18 Å². The second-order valence-electron chi connectivity index (χ2n) is 9.56. The SMILES string of the molecule is CN1CCC(CC(CCC(N)=O)c2ccc(C(=O)C(F)(F)F)s2)(c2coc(-c3ccc(F)cc3)n2)CC1. The van der Waals surface area contributed by atoms with Crippen molar-refractivity contribution in [3.63, 3.8) is 0 Å². The number of Topliss-reactive ketones (excluding diaryl/α,β-unsaturated/α-hetero) is 1. The van der Waals surface area contributed by atoms with Crippen molar-refractivity contribution in [2.24, 2.45) is 5.73 Å². The quantitative estimate of drug-likeness (QED) is 0.280. The second kappa shape index (κ2) is 10.7. The molecule has 1 aliphatic rings. The third-order valence-electron chi connectivity index (χ3n) is 6.97. The Bertz CT molecular complexity index is 1240. The van der Waals surface area contributed by atoms with Crippen LogP contribution in [-0.4, -0.2) is 47.9 Å². The van der Waals surface area contributed by atoms with Gasteiger partial charge in [-0.2, -0.15) is 13.2 Å². The van der Waals surface area contributed by atoms with Crippen LogP contribution in [0.3, 0.4) is 0 Å². The van der Waals surface area contributed by atoms with Crippen molar-refractivity contribution in [3.05, 3.63) is 63.9 Å². The number of hydrogen-bond donors (Lipinski definition) is 1. The molecule has 0 aliphatic carbocycles. The van der Waals surface area contributed by atoms with Crippen molar-refractivity contribution in [2.45, 2.75) is 49.6 Å². The summed E-state index contributed by atoms with van der Waals surface area (Å²) in [5, 5.41) is 0. The van der Waals surface area contributed by atoms with E-state index in [9.17, 15) is 27.2 Å². The molecule has 1 aromatic carbocycles. The van der Waals surface area contributed by atoms with Gasteiger partial charge in [0, 0.05) is 22.3 Å². The Labute approximate surface area is 215 Å². The van der Waals surface area contributed by atoms with Crippen molar-refractivity contribution in [3.8, 4) is 11.5 Å². The molecular weight excluding hydrogens is 510 g/mol. The van der Waals surface area contributed by atoms with Gasteiger partial charge in [-0.05, 0) is 88.1 Å². The first kappa shape index (κ1) is 27.0. The number of oxazole rings is 1. The first-order valence-corrected chi connectivity index (χ1v) is 12.7. The van der Waals surface area contributed by atoms with E-state index < -0.39 is 23.3 Å². The summed E-state index contributed by atoms with van der Waals surface area (Å²) < 4.78 is 58.2. The van der Waals surface area contributed by atoms with Gasteiger partial charge in [-0.1, -0.05) is 0 Å². The number of nitrogens with two attached hydrogens (primary N) is 1. The highest BCUT2D eigenvalue weighted by molar-refractivity contribution is 7.14. The number of halogens is 4. The third-order valence-corrected chi connectivity index (χ3v) is 8.22. The van der Waals surface area contributed by atoms with Crippen LogP contribution in [0.25, 0.3) is 11.5 Å². The second-order valence-corrected chi connectivity index (χ2v) is 10.7. The predicted molar refractivity (Wildman–Crippen MR) is 131 cm³/mol. The van der Waals surface area contributed by atoms with E-state index in [0.29, 0.717) is 47.7 Å². The third kappa shape index (κ3) is 6.27. The Morgan fingerprint density at radius 2 is 1.84 bits per heavy atom. The van der Waals surface area contributed by atoms with Crippen LogP contribution in [0.5, 0.6) is 0 Å². The molecule has 2 N–H and O–H groups in total. The lowest BCUT2D eigenvalue weighted by Crippen LogP contribution is -2.42. The minimum Gasteiger partial charge on any atom is -0.444 e. The van der Waals surface area contributed by atoms with Gasteiger partial charge in [0.15, 0.2) is 0 Å². The van der Waals surface area contributed by atoms with Crippen LogP contribution in [0.15, 0.2) is 47.1 Å². The number of carbonyl (C=O) groups is 2. The van der Waals surface area contributed by atoms with Crippen LogP contribution in [0.1, 0.15) is 58.3 Å². The van der Waals surface area contributed by atoms with E-state index in [0.717, 1.165) is 24.4 Å². The number of thiophene rings is 1. The number of amides is 1. The van der Waals surface area contributed by atoms with Crippen molar-refractivity contribution in [1.82, 2.24) is 9.88 Å². The normalized spacial score (nSPS) is 17.0. The highest BCUT2D eigenvalue weighted by Crippen LogP contribution is 2.46. The molecule has 0 spiro atoms. The average molecular weight is 538 g/mol. The van der Waals surface area contributed by atoms with E-state index in [2.05, 4.69) is 4.90 Å². The van der Waals surface area contributed by atoms with E-state index in [1.165, 1.54) is 24.3 Å². The lowest BCUT2D eigenvalue weighted by Gasteiger charge is -2.41. The molecular formula is C26H27F4N3O3S. The lowest BCUT2D eigenvalue weighted by atomic mass is 9.69. The molecule has 6 nitrogen and oxygen atoms in total. The molecule has 1 aliphatic heterocycles. The maximum atomic E-state index is 13.4. The maximum absolute atomic E-state index is 13.4. The number of alkyl halides is 3. The molecule has 0 radical (unpaired) electrons. The zero-order valence-corrected chi connectivity index (χ0v) is 21.0. The van der Waals surface area contributed by atoms with Gasteiger partial charge in [0.25, 0.3) is 5.78 Å². The lowest BCUT2D eigenvalue weighted by molar-refractivity contribution is -0.118. The number of piperidine rings is 1. The van der Waals surface area contributed by atoms with Gasteiger partial charge in [-0.25, -0.2) is 9.37 Å². The van der Waals surface area contributed by atoms with Gasteiger partial charge in [0.05, 0.1) is 10.6 Å². The Morgan fingerprint density at radius 3 is 2.46 bits per heavy atom. The summed E-state index contributed by atoms with van der Waals surface area (Å²) in [6.45, 7) is 1.53. The van der Waals surface area contributed by atoms with Crippen LogP contribution in [0.4, 0.5) is 17.6 Å². The molecule has 11 heteroatoms. The van der Waals surface area contributed by atoms with Crippen LogP contribution in [-0.2, 0) is 10.2 Å². The van der Waals surface area contributed by atoms with E-state index in [1.54, 1.807) is 18.4 Å². The van der Waals surface area contributed by atoms with Gasteiger partial charge in [-0.15, -0.1) is 11.3 Å². The number of benzene rings is 1. The summed E-state index contributed by atoms with van der Waals surface area (Å²) in [5.74, 6) is -2.74. The number of primary amides is 1. The Kier molecular flexibility index (Phi) is 7.84. The Balaban J connectivity index is 1.68. The van der Waals surface area contributed by atoms with E-state index >= 15 is 0 Å². The van der Waals surface area contributed by atoms with Crippen molar-refractivity contribution in [2.75, 3.05) is 20.1 Å². The molecule has 0 bridgehead atoms. The van der Waals surface area contributed by atoms with Crippen LogP contribution in [0, 0.1) is 5.82 Å². The predicted octanol–water partition coefficient (Wildman–Crippen LogP) is 5.69. The van der Waals surface area contributed by atoms with Crippen molar-refractivity contribution >= 4 is 23.0 Å². The fourth-order valence-corrected chi connectivity index (χ4v) is 5.92. The summed E-state index contributed by atoms with van der Waals surface area (Å²) in [4.78, 5) is 30.5. The van der Waals surface area contributed by atoms with Crippen molar-refractivity contribution < 1.29 is 31.6 Å². The largest absolute Gasteiger partial charge is 0.455 e. The van der Waals surface area contributed by atoms with Crippen LogP contribution < -0.4 is 5.73 Å². The summed E-state index contributed by atoms with van der Waals surface area (Å²) in [6.07, 6.45) is -1.07. The molecule has 1 atom stereocenters. The standard InChI is InChI=1S/C26H27F4N3O3S/c1-33-12-10-25(11-13-33,21-15-36-24(32-21)16-2-5-18(27)6-3-16)14-17(4-9-22(31)34)19-7-8-20(37-19)23(35)26(28,29)30/h2-3,5-8,15,17H,4,9-14H2,1H3,(H2,31,34). The van der Waals surface area contributed by atoms with E-state index in [-0.39, 0.29) is 23.0 Å². The Hall–Kier alpha value is -3.05. The number of nitrogens with zero attached hydrogens (tertiary/aromatic N) is 2. The molecule has 4 rings (SSSR count). The maximum Gasteiger partial charge on any atom is 0.455 e. The number of aromatic nitrogens is 1. The molecule has 198 valence electrons. The molecule has 1 saturated heterocycles. The van der Waals surface area contributed by atoms with E-state index in [1.807, 2.05) is 7.05 Å². The molecule has 37 heavy (non-hydrogen) atoms. The number of carbonyl (C=O) groups excluding carboxylic acids is 2. The fraction of sp³-hybridized carbons (Fsp3) is 0.423. The minimum atomic E-state index is -4.96. The molecule has 0 saturated carbocycles. The topological polar surface area (TPSA) is 89.4 Å². The van der Waals surface area contributed by atoms with Gasteiger partial charge < -0.3 is 15.1 Å². The number of hydrogen-bond acceptors (Lipinski definition) is 6. The average Bonchev–Trinajstić information content (AvgIpc) is 3.53. The monoisotopic (exact) mass is 537 g/mol. The number of likely N-dealkylation sites (tertiary alicyclic amines) is 1. The first-order valence-electron chi connectivity index (χ1n) is 11.9. The summed E-state index contributed by atoms with van der Waals surface area (Å²) in [5.41, 5.74) is 6.25. The highest BCUT2D eigenvalue weighted by atomic mass is 32.1. The Morgan fingerprint density at radius 1 is 1.16 bits per heavy atom. The van der Waals surface area contributed by atoms with Gasteiger partial charge in [-0.3, -0.25) is 9.59 Å². The van der Waals surface area contributed by atoms with Crippen molar-refractivity contribution in [1.29, 1.82) is 0 Å². The smallest absolute Gasteiger partial charge is 0.444 e. The van der Waals surface area contributed by atoms with Gasteiger partial charge in [0.1, 0.15) is 12.1 Å². The fourth-order valence-electron chi connectivity index (χ4n) is 4.82. The number of rotatable bonds is 9. The highest BCUT2D eigenvalue weighted by Gasteiger charge is 2.42. The van der Waals surface area contributed by atoms with Crippen LogP contribution >= 0.6 is 11.3 Å². The molecule has 1 amide bonds. The zero-order chi connectivity index (χ0) is 26.8. The molecule has 2 aromatic heterocycles. The molecule has 3 aromatic rings. The zero-order valence-electron chi connectivity index (χ0n) is 20.2. The van der Waals surface area contributed by atoms with Crippen LogP contribution in [0.2, 0.25) is 0 Å².